The van der Waals surface area contributed by atoms with Crippen LogP contribution in [0.25, 0.3) is 0 Å². The van der Waals surface area contributed by atoms with Crippen molar-refractivity contribution in [2.45, 2.75) is 20.8 Å². The first-order valence-corrected chi connectivity index (χ1v) is 7.61. The SMILES string of the molecule is CC(C)(C)C(=NOC(=O)N1CCOCC1)C(=O)c1ccccc1. The Balaban J connectivity index is 2.15. The zero-order valence-corrected chi connectivity index (χ0v) is 13.7. The molecule has 2 rings (SSSR count). The summed E-state index contributed by atoms with van der Waals surface area (Å²) in [6.45, 7) is 7.46. The summed E-state index contributed by atoms with van der Waals surface area (Å²) in [6.07, 6.45) is -0.559. The molecule has 1 aromatic carbocycles. The Hall–Kier alpha value is -2.21. The van der Waals surface area contributed by atoms with Gasteiger partial charge in [0.25, 0.3) is 0 Å². The van der Waals surface area contributed by atoms with Gasteiger partial charge in [-0.2, -0.15) is 0 Å². The summed E-state index contributed by atoms with van der Waals surface area (Å²) in [6, 6.07) is 8.84. The van der Waals surface area contributed by atoms with Crippen molar-refractivity contribution in [3.63, 3.8) is 0 Å². The highest BCUT2D eigenvalue weighted by molar-refractivity contribution is 6.47. The quantitative estimate of drug-likeness (QED) is 0.372. The fourth-order valence-electron chi connectivity index (χ4n) is 2.13. The predicted molar refractivity (Wildman–Crippen MR) is 86.5 cm³/mol. The molecule has 0 aliphatic carbocycles. The van der Waals surface area contributed by atoms with E-state index in [1.54, 1.807) is 24.3 Å². The number of ether oxygens (including phenoxy) is 1. The number of carbonyl (C=O) groups excluding carboxylic acids is 2. The van der Waals surface area contributed by atoms with Crippen molar-refractivity contribution in [2.24, 2.45) is 10.6 Å². The van der Waals surface area contributed by atoms with Crippen LogP contribution in [-0.4, -0.2) is 48.8 Å². The molecule has 1 aliphatic rings. The normalized spacial score (nSPS) is 16.1. The maximum Gasteiger partial charge on any atom is 0.436 e. The number of Topliss-reactive ketones (excluding diaryl/α,β-unsaturated/α-hetero) is 1. The second kappa shape index (κ2) is 7.37. The molecule has 0 spiro atoms. The van der Waals surface area contributed by atoms with Gasteiger partial charge >= 0.3 is 6.09 Å². The largest absolute Gasteiger partial charge is 0.436 e. The van der Waals surface area contributed by atoms with Crippen LogP contribution >= 0.6 is 0 Å². The maximum atomic E-state index is 12.6. The molecule has 1 fully saturated rings. The maximum absolute atomic E-state index is 12.6. The number of morpholine rings is 1. The molecule has 0 saturated carbocycles. The number of amides is 1. The standard InChI is InChI=1S/C17H22N2O4/c1-17(2,3)15(14(20)13-7-5-4-6-8-13)18-23-16(21)19-9-11-22-12-10-19/h4-8H,9-12H2,1-3H3. The summed E-state index contributed by atoms with van der Waals surface area (Å²) in [5, 5.41) is 3.88. The number of oxime groups is 1. The molecule has 1 aliphatic heterocycles. The smallest absolute Gasteiger partial charge is 0.378 e. The van der Waals surface area contributed by atoms with E-state index in [1.807, 2.05) is 26.8 Å². The number of rotatable bonds is 3. The Morgan fingerprint density at radius 3 is 2.30 bits per heavy atom. The van der Waals surface area contributed by atoms with Gasteiger partial charge in [-0.3, -0.25) is 9.63 Å². The minimum absolute atomic E-state index is 0.213. The molecule has 23 heavy (non-hydrogen) atoms. The van der Waals surface area contributed by atoms with E-state index in [4.69, 9.17) is 9.57 Å². The fourth-order valence-corrected chi connectivity index (χ4v) is 2.13. The molecule has 6 nitrogen and oxygen atoms in total. The van der Waals surface area contributed by atoms with Crippen LogP contribution in [0.15, 0.2) is 35.5 Å². The number of hydrogen-bond donors (Lipinski definition) is 0. The van der Waals surface area contributed by atoms with Crippen LogP contribution in [0.5, 0.6) is 0 Å². The van der Waals surface area contributed by atoms with E-state index in [0.29, 0.717) is 31.9 Å². The number of carbonyl (C=O) groups is 2. The Kier molecular flexibility index (Phi) is 5.50. The van der Waals surface area contributed by atoms with Crippen molar-refractivity contribution >= 4 is 17.6 Å². The van der Waals surface area contributed by atoms with Gasteiger partial charge in [0.05, 0.1) is 13.2 Å². The fraction of sp³-hybridized carbons (Fsp3) is 0.471. The Morgan fingerprint density at radius 1 is 1.13 bits per heavy atom. The van der Waals surface area contributed by atoms with E-state index in [0.717, 1.165) is 0 Å². The Bertz CT molecular complexity index is 584. The lowest BCUT2D eigenvalue weighted by Crippen LogP contribution is -2.41. The average molecular weight is 318 g/mol. The van der Waals surface area contributed by atoms with Crippen LogP contribution in [0.2, 0.25) is 0 Å². The number of hydrogen-bond acceptors (Lipinski definition) is 5. The molecule has 0 aromatic heterocycles. The van der Waals surface area contributed by atoms with Gasteiger partial charge in [0, 0.05) is 24.1 Å². The van der Waals surface area contributed by atoms with Crippen molar-refractivity contribution < 1.29 is 19.2 Å². The highest BCUT2D eigenvalue weighted by atomic mass is 16.7. The van der Waals surface area contributed by atoms with E-state index >= 15 is 0 Å². The highest BCUT2D eigenvalue weighted by Gasteiger charge is 2.29. The Labute approximate surface area is 136 Å². The van der Waals surface area contributed by atoms with Crippen LogP contribution in [-0.2, 0) is 9.57 Å². The van der Waals surface area contributed by atoms with Crippen molar-refractivity contribution in [3.8, 4) is 0 Å². The van der Waals surface area contributed by atoms with E-state index in [9.17, 15) is 9.59 Å². The van der Waals surface area contributed by atoms with Crippen molar-refractivity contribution in [1.82, 2.24) is 4.90 Å². The summed E-state index contributed by atoms with van der Waals surface area (Å²) in [5.74, 6) is -0.243. The van der Waals surface area contributed by atoms with E-state index in [1.165, 1.54) is 4.90 Å². The molecule has 1 heterocycles. The molecular formula is C17H22N2O4. The lowest BCUT2D eigenvalue weighted by atomic mass is 9.85. The minimum Gasteiger partial charge on any atom is -0.378 e. The van der Waals surface area contributed by atoms with Gasteiger partial charge in [-0.05, 0) is 0 Å². The van der Waals surface area contributed by atoms with E-state index in [-0.39, 0.29) is 11.5 Å². The summed E-state index contributed by atoms with van der Waals surface area (Å²) in [4.78, 5) is 31.2. The molecule has 0 radical (unpaired) electrons. The van der Waals surface area contributed by atoms with Crippen molar-refractivity contribution in [1.29, 1.82) is 0 Å². The summed E-state index contributed by atoms with van der Waals surface area (Å²) >= 11 is 0. The second-order valence-corrected chi connectivity index (χ2v) is 6.34. The first-order valence-electron chi connectivity index (χ1n) is 7.61. The topological polar surface area (TPSA) is 68.2 Å². The van der Waals surface area contributed by atoms with E-state index < -0.39 is 11.5 Å². The summed E-state index contributed by atoms with van der Waals surface area (Å²) < 4.78 is 5.19. The zero-order valence-electron chi connectivity index (χ0n) is 13.7. The minimum atomic E-state index is -0.559. The number of nitrogens with zero attached hydrogens (tertiary/aromatic N) is 2. The molecule has 0 atom stereocenters. The van der Waals surface area contributed by atoms with Gasteiger partial charge in [-0.25, -0.2) is 4.79 Å². The van der Waals surface area contributed by atoms with Gasteiger partial charge in [0.15, 0.2) is 0 Å². The number of ketones is 1. The van der Waals surface area contributed by atoms with Crippen LogP contribution in [0.1, 0.15) is 31.1 Å². The molecule has 0 bridgehead atoms. The van der Waals surface area contributed by atoms with Crippen molar-refractivity contribution in [2.75, 3.05) is 26.3 Å². The molecule has 6 heteroatoms. The van der Waals surface area contributed by atoms with Crippen molar-refractivity contribution in [3.05, 3.63) is 35.9 Å². The van der Waals surface area contributed by atoms with Gasteiger partial charge in [0.1, 0.15) is 5.71 Å². The van der Waals surface area contributed by atoms with Gasteiger partial charge < -0.3 is 9.64 Å². The lowest BCUT2D eigenvalue weighted by Gasteiger charge is -2.25. The molecule has 1 amide bonds. The molecule has 0 unspecified atom stereocenters. The van der Waals surface area contributed by atoms with Gasteiger partial charge in [-0.1, -0.05) is 56.3 Å². The summed E-state index contributed by atoms with van der Waals surface area (Å²) in [5.41, 5.74) is 0.187. The van der Waals surface area contributed by atoms with Crippen LogP contribution in [0.3, 0.4) is 0 Å². The van der Waals surface area contributed by atoms with Crippen LogP contribution in [0.4, 0.5) is 4.79 Å². The molecular weight excluding hydrogens is 296 g/mol. The van der Waals surface area contributed by atoms with Crippen LogP contribution < -0.4 is 0 Å². The van der Waals surface area contributed by atoms with E-state index in [2.05, 4.69) is 5.16 Å². The molecule has 1 saturated heterocycles. The highest BCUT2D eigenvalue weighted by Crippen LogP contribution is 2.20. The third-order valence-electron chi connectivity index (χ3n) is 3.45. The first-order chi connectivity index (χ1) is 10.9. The van der Waals surface area contributed by atoms with Gasteiger partial charge in [0.2, 0.25) is 5.78 Å². The monoisotopic (exact) mass is 318 g/mol. The zero-order chi connectivity index (χ0) is 16.9. The predicted octanol–water partition coefficient (Wildman–Crippen LogP) is 2.74. The molecule has 0 N–H and O–H groups in total. The molecule has 1 aromatic rings. The third-order valence-corrected chi connectivity index (χ3v) is 3.45. The lowest BCUT2D eigenvalue weighted by molar-refractivity contribution is 0.0276. The third kappa shape index (κ3) is 4.63. The number of benzene rings is 1. The average Bonchev–Trinajstić information content (AvgIpc) is 2.55. The van der Waals surface area contributed by atoms with Crippen LogP contribution in [0, 0.1) is 5.41 Å². The second-order valence-electron chi connectivity index (χ2n) is 6.34. The Morgan fingerprint density at radius 2 is 1.74 bits per heavy atom. The first kappa shape index (κ1) is 17.1. The van der Waals surface area contributed by atoms with Gasteiger partial charge in [-0.15, -0.1) is 0 Å². The molecule has 124 valence electrons. The summed E-state index contributed by atoms with van der Waals surface area (Å²) in [7, 11) is 0.